The number of rotatable bonds is 5. The number of para-hydroxylation sites is 1. The molecule has 1 aromatic heterocycles. The van der Waals surface area contributed by atoms with E-state index in [0.717, 1.165) is 17.1 Å². The quantitative estimate of drug-likeness (QED) is 0.205. The fourth-order valence-corrected chi connectivity index (χ4v) is 7.16. The molecule has 198 valence electrons. The summed E-state index contributed by atoms with van der Waals surface area (Å²) in [4.78, 5) is 2.43. The molecule has 0 saturated carbocycles. The van der Waals surface area contributed by atoms with Crippen molar-refractivity contribution in [1.82, 2.24) is 0 Å². The van der Waals surface area contributed by atoms with Crippen molar-refractivity contribution >= 4 is 59.3 Å². The van der Waals surface area contributed by atoms with Gasteiger partial charge in [-0.15, -0.1) is 11.3 Å². The maximum atomic E-state index is 2.43. The molecule has 1 heterocycles. The zero-order valence-electron chi connectivity index (χ0n) is 22.9. The number of hydrogen-bond acceptors (Lipinski definition) is 2. The zero-order valence-corrected chi connectivity index (χ0v) is 23.8. The normalized spacial score (nSPS) is 11.3. The summed E-state index contributed by atoms with van der Waals surface area (Å²) in [5.74, 6) is 0. The average Bonchev–Trinajstić information content (AvgIpc) is 3.44. The van der Waals surface area contributed by atoms with E-state index >= 15 is 0 Å². The van der Waals surface area contributed by atoms with Gasteiger partial charge in [-0.3, -0.25) is 0 Å². The number of nitrogens with zero attached hydrogens (tertiary/aromatic N) is 1. The first-order valence-corrected chi connectivity index (χ1v) is 15.1. The predicted molar refractivity (Wildman–Crippen MR) is 182 cm³/mol. The fourth-order valence-electron chi connectivity index (χ4n) is 6.07. The topological polar surface area (TPSA) is 3.24 Å². The van der Waals surface area contributed by atoms with E-state index in [-0.39, 0.29) is 0 Å². The van der Waals surface area contributed by atoms with E-state index in [4.69, 9.17) is 0 Å². The molecule has 7 aromatic carbocycles. The Hall–Kier alpha value is -5.18. The summed E-state index contributed by atoms with van der Waals surface area (Å²) in [5, 5.41) is 5.08. The molecule has 8 rings (SSSR count). The van der Waals surface area contributed by atoms with E-state index in [2.05, 4.69) is 169 Å². The highest BCUT2D eigenvalue weighted by Gasteiger charge is 2.20. The number of hydrogen-bond donors (Lipinski definition) is 0. The van der Waals surface area contributed by atoms with Crippen LogP contribution in [0.5, 0.6) is 0 Å². The number of anilines is 3. The van der Waals surface area contributed by atoms with Crippen LogP contribution in [-0.4, -0.2) is 0 Å². The van der Waals surface area contributed by atoms with Gasteiger partial charge in [-0.05, 0) is 64.5 Å². The van der Waals surface area contributed by atoms with Gasteiger partial charge in [0.25, 0.3) is 0 Å². The lowest BCUT2D eigenvalue weighted by atomic mass is 9.98. The molecule has 0 aliphatic heterocycles. The van der Waals surface area contributed by atoms with Gasteiger partial charge >= 0.3 is 0 Å². The smallest absolute Gasteiger partial charge is 0.0540 e. The summed E-state index contributed by atoms with van der Waals surface area (Å²) in [5.41, 5.74) is 8.26. The van der Waals surface area contributed by atoms with E-state index in [9.17, 15) is 0 Å². The van der Waals surface area contributed by atoms with Crippen LogP contribution in [-0.2, 0) is 0 Å². The fraction of sp³-hybridized carbons (Fsp3) is 0. The van der Waals surface area contributed by atoms with Gasteiger partial charge < -0.3 is 4.90 Å². The summed E-state index contributed by atoms with van der Waals surface area (Å²) < 4.78 is 2.65. The molecule has 8 aromatic rings. The summed E-state index contributed by atoms with van der Waals surface area (Å²) in [6.45, 7) is 0. The maximum absolute atomic E-state index is 2.43. The van der Waals surface area contributed by atoms with Crippen LogP contribution >= 0.6 is 11.3 Å². The number of thiophene rings is 1. The Kier molecular flexibility index (Phi) is 6.05. The summed E-state index contributed by atoms with van der Waals surface area (Å²) in [7, 11) is 0. The van der Waals surface area contributed by atoms with Crippen molar-refractivity contribution in [2.75, 3.05) is 4.90 Å². The van der Waals surface area contributed by atoms with Crippen molar-refractivity contribution in [3.63, 3.8) is 0 Å². The van der Waals surface area contributed by atoms with Crippen molar-refractivity contribution in [2.45, 2.75) is 0 Å². The lowest BCUT2D eigenvalue weighted by molar-refractivity contribution is 1.30. The highest BCUT2D eigenvalue weighted by Crippen LogP contribution is 2.45. The molecule has 0 unspecified atom stereocenters. The molecule has 1 nitrogen and oxygen atoms in total. The molecule has 2 heteroatoms. The predicted octanol–water partition coefficient (Wildman–Crippen LogP) is 12.0. The van der Waals surface area contributed by atoms with Crippen molar-refractivity contribution in [2.24, 2.45) is 0 Å². The van der Waals surface area contributed by atoms with Crippen LogP contribution in [0, 0.1) is 0 Å². The minimum atomic E-state index is 1.13. The summed E-state index contributed by atoms with van der Waals surface area (Å²) in [6.07, 6.45) is 0. The van der Waals surface area contributed by atoms with Gasteiger partial charge in [0, 0.05) is 36.8 Å². The molecule has 0 saturated heterocycles. The Bertz CT molecular complexity index is 2200. The minimum Gasteiger partial charge on any atom is -0.309 e. The van der Waals surface area contributed by atoms with Crippen molar-refractivity contribution in [3.05, 3.63) is 164 Å². The van der Waals surface area contributed by atoms with Crippen molar-refractivity contribution in [3.8, 4) is 22.3 Å². The van der Waals surface area contributed by atoms with Crippen LogP contribution in [0.1, 0.15) is 0 Å². The van der Waals surface area contributed by atoms with E-state index in [1.807, 2.05) is 11.3 Å². The monoisotopic (exact) mass is 553 g/mol. The molecule has 0 amide bonds. The van der Waals surface area contributed by atoms with Crippen LogP contribution in [0.25, 0.3) is 53.2 Å². The first-order chi connectivity index (χ1) is 20.8. The van der Waals surface area contributed by atoms with Gasteiger partial charge in [0.1, 0.15) is 0 Å². The maximum Gasteiger partial charge on any atom is 0.0540 e. The van der Waals surface area contributed by atoms with E-state index in [0.29, 0.717) is 0 Å². The van der Waals surface area contributed by atoms with Crippen LogP contribution < -0.4 is 4.90 Å². The van der Waals surface area contributed by atoms with Crippen LogP contribution in [0.15, 0.2) is 164 Å². The lowest BCUT2D eigenvalue weighted by Gasteiger charge is -2.29. The molecular weight excluding hydrogens is 527 g/mol. The average molecular weight is 554 g/mol. The van der Waals surface area contributed by atoms with Gasteiger partial charge in [-0.25, -0.2) is 0 Å². The minimum absolute atomic E-state index is 1.13. The molecule has 0 aliphatic rings. The second-order valence-electron chi connectivity index (χ2n) is 10.6. The first-order valence-electron chi connectivity index (χ1n) is 14.3. The van der Waals surface area contributed by atoms with Gasteiger partial charge in [-0.2, -0.15) is 0 Å². The van der Waals surface area contributed by atoms with E-state index in [1.165, 1.54) is 53.2 Å². The van der Waals surface area contributed by atoms with Gasteiger partial charge in [0.2, 0.25) is 0 Å². The van der Waals surface area contributed by atoms with Gasteiger partial charge in [0.15, 0.2) is 0 Å². The highest BCUT2D eigenvalue weighted by atomic mass is 32.1. The molecule has 0 N–H and O–H groups in total. The standard InChI is InChI=1S/C40H27NS/c1-2-12-28(13-3-1)30-16-10-17-32(26-30)41(38-22-11-15-29-14-4-5-18-33(29)38)37-21-8-6-19-34(37)31-24-25-40-36(27-31)35-20-7-9-23-39(35)42-40/h1-27H. The van der Waals surface area contributed by atoms with Gasteiger partial charge in [-0.1, -0.05) is 121 Å². The van der Waals surface area contributed by atoms with E-state index in [1.54, 1.807) is 0 Å². The first kappa shape index (κ1) is 24.6. The SMILES string of the molecule is c1ccc(-c2cccc(N(c3ccccc3-c3ccc4sc5ccccc5c4c3)c3cccc4ccccc34)c2)cc1. The Morgan fingerprint density at radius 1 is 0.381 bits per heavy atom. The second kappa shape index (κ2) is 10.3. The highest BCUT2D eigenvalue weighted by molar-refractivity contribution is 7.25. The Morgan fingerprint density at radius 2 is 1.05 bits per heavy atom. The Labute approximate surface area is 249 Å². The van der Waals surface area contributed by atoms with Crippen LogP contribution in [0.4, 0.5) is 17.1 Å². The largest absolute Gasteiger partial charge is 0.309 e. The van der Waals surface area contributed by atoms with Crippen molar-refractivity contribution in [1.29, 1.82) is 0 Å². The molecular formula is C40H27NS. The van der Waals surface area contributed by atoms with Crippen LogP contribution in [0.3, 0.4) is 0 Å². The molecule has 0 atom stereocenters. The molecule has 0 bridgehead atoms. The second-order valence-corrected chi connectivity index (χ2v) is 11.7. The number of fused-ring (bicyclic) bond motifs is 4. The van der Waals surface area contributed by atoms with Gasteiger partial charge in [0.05, 0.1) is 11.4 Å². The number of benzene rings is 7. The third kappa shape index (κ3) is 4.25. The van der Waals surface area contributed by atoms with Crippen LogP contribution in [0.2, 0.25) is 0 Å². The Morgan fingerprint density at radius 3 is 1.98 bits per heavy atom. The Balaban J connectivity index is 1.38. The summed E-state index contributed by atoms with van der Waals surface area (Å²) in [6, 6.07) is 59.2. The van der Waals surface area contributed by atoms with E-state index < -0.39 is 0 Å². The molecule has 0 fully saturated rings. The third-order valence-corrected chi connectivity index (χ3v) is 9.20. The molecule has 0 radical (unpaired) electrons. The zero-order chi connectivity index (χ0) is 27.9. The third-order valence-electron chi connectivity index (χ3n) is 8.05. The van der Waals surface area contributed by atoms with Crippen molar-refractivity contribution < 1.29 is 0 Å². The molecule has 0 aliphatic carbocycles. The molecule has 42 heavy (non-hydrogen) atoms. The summed E-state index contributed by atoms with van der Waals surface area (Å²) >= 11 is 1.86. The lowest BCUT2D eigenvalue weighted by Crippen LogP contribution is -2.11. The molecule has 0 spiro atoms.